The summed E-state index contributed by atoms with van der Waals surface area (Å²) in [7, 11) is 0. The number of hydrogen-bond donors (Lipinski definition) is 0. The van der Waals surface area contributed by atoms with E-state index in [-0.39, 0.29) is 0 Å². The Morgan fingerprint density at radius 3 is 2.64 bits per heavy atom. The van der Waals surface area contributed by atoms with E-state index in [0.717, 1.165) is 15.6 Å². The highest BCUT2D eigenvalue weighted by Crippen LogP contribution is 2.46. The quantitative estimate of drug-likeness (QED) is 0.707. The topological polar surface area (TPSA) is 18.5 Å². The molecule has 1 aromatic rings. The number of benzene rings is 1. The Morgan fingerprint density at radius 1 is 1.14 bits per heavy atom. The monoisotopic (exact) mass is 252 g/mol. The molecular weight excluding hydrogens is 244 g/mol. The van der Waals surface area contributed by atoms with Gasteiger partial charge in [0.2, 0.25) is 5.79 Å². The van der Waals surface area contributed by atoms with Crippen LogP contribution in [0.2, 0.25) is 0 Å². The molecule has 0 saturated carbocycles. The molecule has 0 atom stereocenters. The molecule has 1 aliphatic carbocycles. The van der Waals surface area contributed by atoms with E-state index in [9.17, 15) is 0 Å². The van der Waals surface area contributed by atoms with Crippen molar-refractivity contribution >= 4 is 20.4 Å². The second-order valence-electron chi connectivity index (χ2n) is 3.40. The number of fused-ring (bicyclic) bond motifs is 2. The fraction of sp³-hybridized carbons (Fsp3) is 0.273. The zero-order valence-corrected chi connectivity index (χ0v) is 9.08. The molecule has 0 N–H and O–H groups in total. The van der Waals surface area contributed by atoms with Gasteiger partial charge in [-0.25, -0.2) is 0 Å². The molecule has 0 bridgehead atoms. The van der Waals surface area contributed by atoms with Crippen molar-refractivity contribution in [1.82, 2.24) is 0 Å². The molecule has 1 saturated heterocycles. The van der Waals surface area contributed by atoms with Crippen LogP contribution in [0.5, 0.6) is 0 Å². The Kier molecular flexibility index (Phi) is 1.81. The molecule has 3 rings (SSSR count). The summed E-state index contributed by atoms with van der Waals surface area (Å²) < 4.78 is 12.4. The molecule has 0 aromatic heterocycles. The van der Waals surface area contributed by atoms with E-state index in [1.165, 1.54) is 0 Å². The van der Waals surface area contributed by atoms with Crippen molar-refractivity contribution in [2.24, 2.45) is 0 Å². The fourth-order valence-corrected chi connectivity index (χ4v) is 2.63. The molecule has 72 valence electrons. The number of halogens is 1. The van der Waals surface area contributed by atoms with Crippen LogP contribution in [-0.2, 0) is 15.3 Å². The molecule has 1 fully saturated rings. The Bertz CT molecular complexity index is 406. The summed E-state index contributed by atoms with van der Waals surface area (Å²) in [6.07, 6.45) is 1.99. The van der Waals surface area contributed by atoms with Crippen LogP contribution in [0.3, 0.4) is 0 Å². The van der Waals surface area contributed by atoms with Crippen LogP contribution in [0, 0.1) is 0 Å². The van der Waals surface area contributed by atoms with Gasteiger partial charge in [-0.1, -0.05) is 40.2 Å². The van der Waals surface area contributed by atoms with Crippen molar-refractivity contribution in [3.8, 4) is 0 Å². The zero-order chi connectivity index (χ0) is 9.60. The number of ether oxygens (including phenoxy) is 2. The maximum Gasteiger partial charge on any atom is 0.217 e. The predicted octanol–water partition coefficient (Wildman–Crippen LogP) is 2.64. The predicted molar refractivity (Wildman–Crippen MR) is 56.9 cm³/mol. The third-order valence-corrected chi connectivity index (χ3v) is 3.25. The normalized spacial score (nSPS) is 22.5. The highest BCUT2D eigenvalue weighted by atomic mass is 79.9. The average Bonchev–Trinajstić information content (AvgIpc) is 2.77. The van der Waals surface area contributed by atoms with Crippen LogP contribution in [-0.4, -0.2) is 13.2 Å². The highest BCUT2D eigenvalue weighted by molar-refractivity contribution is 9.15. The van der Waals surface area contributed by atoms with Crippen molar-refractivity contribution in [2.45, 2.75) is 5.79 Å². The lowest BCUT2D eigenvalue weighted by molar-refractivity contribution is -0.120. The SMILES string of the molecule is BrC1=CC2(OCCO2)c2ccccc21. The maximum absolute atomic E-state index is 5.67. The van der Waals surface area contributed by atoms with Crippen molar-refractivity contribution in [3.63, 3.8) is 0 Å². The lowest BCUT2D eigenvalue weighted by Gasteiger charge is -2.20. The number of hydrogen-bond acceptors (Lipinski definition) is 2. The summed E-state index contributed by atoms with van der Waals surface area (Å²) in [5.74, 6) is -0.616. The van der Waals surface area contributed by atoms with E-state index >= 15 is 0 Å². The molecule has 1 aliphatic heterocycles. The van der Waals surface area contributed by atoms with E-state index in [4.69, 9.17) is 9.47 Å². The van der Waals surface area contributed by atoms with E-state index < -0.39 is 5.79 Å². The lowest BCUT2D eigenvalue weighted by Crippen LogP contribution is -2.21. The van der Waals surface area contributed by atoms with Gasteiger partial charge in [-0.15, -0.1) is 0 Å². The van der Waals surface area contributed by atoms with E-state index in [1.54, 1.807) is 0 Å². The minimum Gasteiger partial charge on any atom is -0.340 e. The Hall–Kier alpha value is -0.640. The van der Waals surface area contributed by atoms with Gasteiger partial charge in [-0.2, -0.15) is 0 Å². The largest absolute Gasteiger partial charge is 0.340 e. The van der Waals surface area contributed by atoms with Gasteiger partial charge in [0.25, 0.3) is 0 Å². The van der Waals surface area contributed by atoms with E-state index in [2.05, 4.69) is 22.0 Å². The first-order chi connectivity index (χ1) is 6.82. The molecule has 0 unspecified atom stereocenters. The summed E-state index contributed by atoms with van der Waals surface area (Å²) in [4.78, 5) is 0. The minimum absolute atomic E-state index is 0.616. The van der Waals surface area contributed by atoms with Crippen molar-refractivity contribution < 1.29 is 9.47 Å². The van der Waals surface area contributed by atoms with Gasteiger partial charge >= 0.3 is 0 Å². The molecule has 1 spiro atoms. The Labute approximate surface area is 90.6 Å². The first kappa shape index (κ1) is 8.65. The van der Waals surface area contributed by atoms with Crippen LogP contribution in [0.25, 0.3) is 4.48 Å². The maximum atomic E-state index is 5.67. The first-order valence-electron chi connectivity index (χ1n) is 4.58. The van der Waals surface area contributed by atoms with Gasteiger partial charge in [-0.05, 0) is 11.6 Å². The molecule has 1 heterocycles. The second kappa shape index (κ2) is 2.92. The molecule has 2 aliphatic rings. The van der Waals surface area contributed by atoms with E-state index in [1.807, 2.05) is 24.3 Å². The minimum atomic E-state index is -0.616. The van der Waals surface area contributed by atoms with Gasteiger partial charge in [-0.3, -0.25) is 0 Å². The summed E-state index contributed by atoms with van der Waals surface area (Å²) in [5.41, 5.74) is 2.26. The van der Waals surface area contributed by atoms with Gasteiger partial charge < -0.3 is 9.47 Å². The smallest absolute Gasteiger partial charge is 0.217 e. The standard InChI is InChI=1S/C11H9BrO2/c12-10-7-11(13-5-6-14-11)9-4-2-1-3-8(9)10/h1-4,7H,5-6H2. The van der Waals surface area contributed by atoms with Gasteiger partial charge in [0.1, 0.15) is 0 Å². The Morgan fingerprint density at radius 2 is 1.86 bits per heavy atom. The highest BCUT2D eigenvalue weighted by Gasteiger charge is 2.42. The van der Waals surface area contributed by atoms with Crippen LogP contribution in [0.15, 0.2) is 30.3 Å². The summed E-state index contributed by atoms with van der Waals surface area (Å²) >= 11 is 3.52. The first-order valence-corrected chi connectivity index (χ1v) is 5.37. The Balaban J connectivity index is 2.20. The molecule has 1 aromatic carbocycles. The molecule has 14 heavy (non-hydrogen) atoms. The second-order valence-corrected chi connectivity index (χ2v) is 4.26. The van der Waals surface area contributed by atoms with Crippen LogP contribution in [0.1, 0.15) is 11.1 Å². The van der Waals surface area contributed by atoms with Crippen molar-refractivity contribution in [3.05, 3.63) is 41.5 Å². The van der Waals surface area contributed by atoms with E-state index in [0.29, 0.717) is 13.2 Å². The summed E-state index contributed by atoms with van der Waals surface area (Å²) in [6.45, 7) is 1.32. The van der Waals surface area contributed by atoms with Gasteiger partial charge in [0.05, 0.1) is 13.2 Å². The third-order valence-electron chi connectivity index (χ3n) is 2.59. The fourth-order valence-electron chi connectivity index (χ4n) is 1.98. The zero-order valence-electron chi connectivity index (χ0n) is 7.50. The van der Waals surface area contributed by atoms with Crippen molar-refractivity contribution in [2.75, 3.05) is 13.2 Å². The molecule has 2 nitrogen and oxygen atoms in total. The molecular formula is C11H9BrO2. The molecule has 3 heteroatoms. The lowest BCUT2D eigenvalue weighted by atomic mass is 10.1. The summed E-state index contributed by atoms with van der Waals surface area (Å²) in [6, 6.07) is 8.13. The van der Waals surface area contributed by atoms with Crippen molar-refractivity contribution in [1.29, 1.82) is 0 Å². The molecule has 0 amide bonds. The molecule has 0 radical (unpaired) electrons. The van der Waals surface area contributed by atoms with Gasteiger partial charge in [0.15, 0.2) is 0 Å². The average molecular weight is 253 g/mol. The van der Waals surface area contributed by atoms with Crippen LogP contribution in [0.4, 0.5) is 0 Å². The number of rotatable bonds is 0. The van der Waals surface area contributed by atoms with Crippen LogP contribution < -0.4 is 0 Å². The van der Waals surface area contributed by atoms with Gasteiger partial charge in [0, 0.05) is 10.0 Å². The van der Waals surface area contributed by atoms with Crippen LogP contribution >= 0.6 is 15.9 Å². The third kappa shape index (κ3) is 1.03. The summed E-state index contributed by atoms with van der Waals surface area (Å²) in [5, 5.41) is 0.